The molecule has 0 atom stereocenters. The van der Waals surface area contributed by atoms with Crippen LogP contribution in [0, 0.1) is 5.82 Å². The van der Waals surface area contributed by atoms with E-state index in [2.05, 4.69) is 15.2 Å². The van der Waals surface area contributed by atoms with Crippen molar-refractivity contribution in [1.82, 2.24) is 19.9 Å². The number of nitrogens with two attached hydrogens (primary N) is 1. The molecule has 4 rings (SSSR count). The molecule has 3 aromatic heterocycles. The largest absolute Gasteiger partial charge is 0.383 e. The fourth-order valence-corrected chi connectivity index (χ4v) is 4.70. The zero-order valence-electron chi connectivity index (χ0n) is 15.2. The first-order chi connectivity index (χ1) is 12.2. The maximum atomic E-state index is 14.5. The molecule has 1 aliphatic rings. The average Bonchev–Trinajstić information content (AvgIpc) is 3.15. The molecule has 0 bridgehead atoms. The van der Waals surface area contributed by atoms with Crippen molar-refractivity contribution in [2.75, 3.05) is 19.1 Å². The van der Waals surface area contributed by atoms with Crippen LogP contribution in [-0.4, -0.2) is 33.3 Å². The van der Waals surface area contributed by atoms with Crippen molar-refractivity contribution in [1.29, 1.82) is 0 Å². The van der Waals surface area contributed by atoms with Gasteiger partial charge in [-0.25, -0.2) is 9.37 Å². The van der Waals surface area contributed by atoms with E-state index in [1.165, 1.54) is 0 Å². The Balaban J connectivity index is 2.08. The van der Waals surface area contributed by atoms with Crippen LogP contribution in [0.4, 0.5) is 10.2 Å². The highest BCUT2D eigenvalue weighted by Gasteiger charge is 2.38. The van der Waals surface area contributed by atoms with Crippen molar-refractivity contribution in [2.24, 2.45) is 0 Å². The first-order valence-corrected chi connectivity index (χ1v) is 11.2. The molecule has 0 amide bonds. The van der Waals surface area contributed by atoms with E-state index in [1.54, 1.807) is 18.0 Å². The van der Waals surface area contributed by atoms with Gasteiger partial charge in [-0.1, -0.05) is 5.16 Å². The molecule has 0 aromatic carbocycles. The molecular weight excluding hydrogens is 356 g/mol. The van der Waals surface area contributed by atoms with Crippen LogP contribution in [0.3, 0.4) is 0 Å². The minimum absolute atomic E-state index is 0.101. The van der Waals surface area contributed by atoms with Gasteiger partial charge in [0.15, 0.2) is 11.6 Å². The number of hydrogen-bond donors (Lipinski definition) is 1. The monoisotopic (exact) mass is 377 g/mol. The maximum Gasteiger partial charge on any atom is 0.167 e. The number of fused-ring (bicyclic) bond motifs is 1. The molecule has 1 fully saturated rings. The van der Waals surface area contributed by atoms with Crippen molar-refractivity contribution < 1.29 is 13.5 Å². The number of halogens is 1. The first-order valence-electron chi connectivity index (χ1n) is 8.57. The summed E-state index contributed by atoms with van der Waals surface area (Å²) in [5.41, 5.74) is 7.07. The van der Waals surface area contributed by atoms with Gasteiger partial charge >= 0.3 is 0 Å². The van der Waals surface area contributed by atoms with Gasteiger partial charge in [0.1, 0.15) is 29.9 Å². The fraction of sp³-hybridized carbons (Fsp3) is 0.471. The van der Waals surface area contributed by atoms with Crippen LogP contribution in [-0.2, 0) is 4.57 Å². The molecule has 3 heterocycles. The highest BCUT2D eigenvalue weighted by Crippen LogP contribution is 2.48. The number of nitrogen functional groups attached to an aromatic ring is 1. The summed E-state index contributed by atoms with van der Waals surface area (Å²) in [5, 5.41) is 9.70. The van der Waals surface area contributed by atoms with Crippen LogP contribution in [0.1, 0.15) is 44.4 Å². The Morgan fingerprint density at radius 1 is 1.35 bits per heavy atom. The second-order valence-electron chi connectivity index (χ2n) is 7.47. The van der Waals surface area contributed by atoms with Gasteiger partial charge in [-0.2, -0.15) is 5.10 Å². The SMILES string of the molecule is CC(C)n1nc(-c2noc(C3CC3)c2P(C)(C)=O)c2c(N)ncc(F)c21. The lowest BCUT2D eigenvalue weighted by atomic mass is 10.1. The summed E-state index contributed by atoms with van der Waals surface area (Å²) in [6, 6.07) is -0.101. The van der Waals surface area contributed by atoms with E-state index in [1.807, 2.05) is 13.8 Å². The summed E-state index contributed by atoms with van der Waals surface area (Å²) in [6.07, 6.45) is 3.06. The summed E-state index contributed by atoms with van der Waals surface area (Å²) in [4.78, 5) is 3.93. The van der Waals surface area contributed by atoms with E-state index in [9.17, 15) is 8.96 Å². The number of anilines is 1. The number of nitrogens with zero attached hydrogens (tertiary/aromatic N) is 4. The molecule has 0 radical (unpaired) electrons. The smallest absolute Gasteiger partial charge is 0.167 e. The van der Waals surface area contributed by atoms with Crippen LogP contribution < -0.4 is 11.0 Å². The molecule has 3 aromatic rings. The Hall–Kier alpha value is -2.21. The second-order valence-corrected chi connectivity index (χ2v) is 10.6. The van der Waals surface area contributed by atoms with Crippen LogP contribution >= 0.6 is 7.14 Å². The second kappa shape index (κ2) is 5.64. The lowest BCUT2D eigenvalue weighted by Gasteiger charge is -2.08. The normalized spacial score (nSPS) is 15.3. The summed E-state index contributed by atoms with van der Waals surface area (Å²) in [7, 11) is -2.70. The van der Waals surface area contributed by atoms with Crippen LogP contribution in [0.25, 0.3) is 22.3 Å². The van der Waals surface area contributed by atoms with E-state index in [-0.39, 0.29) is 23.3 Å². The molecule has 0 aliphatic heterocycles. The summed E-state index contributed by atoms with van der Waals surface area (Å²) in [5.74, 6) is 0.547. The molecule has 0 spiro atoms. The lowest BCUT2D eigenvalue weighted by Crippen LogP contribution is -2.10. The minimum atomic E-state index is -2.70. The van der Waals surface area contributed by atoms with E-state index in [4.69, 9.17) is 10.3 Å². The fourth-order valence-electron chi connectivity index (χ4n) is 3.28. The summed E-state index contributed by atoms with van der Waals surface area (Å²) in [6.45, 7) is 7.16. The first kappa shape index (κ1) is 17.2. The quantitative estimate of drug-likeness (QED) is 0.699. The topological polar surface area (TPSA) is 99.8 Å². The zero-order valence-corrected chi connectivity index (χ0v) is 16.0. The van der Waals surface area contributed by atoms with Crippen molar-refractivity contribution in [3.05, 3.63) is 17.8 Å². The Labute approximate surface area is 150 Å². The Kier molecular flexibility index (Phi) is 3.74. The van der Waals surface area contributed by atoms with E-state index < -0.39 is 13.0 Å². The Morgan fingerprint density at radius 2 is 2.04 bits per heavy atom. The average molecular weight is 377 g/mol. The number of rotatable bonds is 4. The van der Waals surface area contributed by atoms with Gasteiger partial charge in [0.05, 0.1) is 16.9 Å². The summed E-state index contributed by atoms with van der Waals surface area (Å²) >= 11 is 0. The van der Waals surface area contributed by atoms with Gasteiger partial charge in [-0.3, -0.25) is 4.68 Å². The highest BCUT2D eigenvalue weighted by atomic mass is 31.2. The number of pyridine rings is 1. The van der Waals surface area contributed by atoms with Gasteiger partial charge in [0.2, 0.25) is 0 Å². The molecule has 138 valence electrons. The third kappa shape index (κ3) is 2.55. The maximum absolute atomic E-state index is 14.5. The third-order valence-corrected chi connectivity index (χ3v) is 6.11. The molecule has 9 heteroatoms. The minimum Gasteiger partial charge on any atom is -0.383 e. The Bertz CT molecular complexity index is 1060. The zero-order chi connectivity index (χ0) is 18.8. The predicted octanol–water partition coefficient (Wildman–Crippen LogP) is 3.51. The molecule has 1 saturated carbocycles. The van der Waals surface area contributed by atoms with Crippen molar-refractivity contribution in [3.8, 4) is 11.4 Å². The Morgan fingerprint density at radius 3 is 2.62 bits per heavy atom. The van der Waals surface area contributed by atoms with Crippen LogP contribution in [0.5, 0.6) is 0 Å². The lowest BCUT2D eigenvalue weighted by molar-refractivity contribution is 0.387. The highest BCUT2D eigenvalue weighted by molar-refractivity contribution is 7.70. The molecule has 0 unspecified atom stereocenters. The number of hydrogen-bond acceptors (Lipinski definition) is 6. The van der Waals surface area contributed by atoms with Crippen LogP contribution in [0.15, 0.2) is 10.7 Å². The summed E-state index contributed by atoms with van der Waals surface area (Å²) < 4.78 is 34.6. The molecule has 2 N–H and O–H groups in total. The van der Waals surface area contributed by atoms with Crippen molar-refractivity contribution in [2.45, 2.75) is 38.6 Å². The number of aromatic nitrogens is 4. The van der Waals surface area contributed by atoms with Crippen molar-refractivity contribution >= 4 is 29.2 Å². The van der Waals surface area contributed by atoms with E-state index >= 15 is 0 Å². The molecular formula is C17H21FN5O2P. The van der Waals surface area contributed by atoms with Crippen molar-refractivity contribution in [3.63, 3.8) is 0 Å². The molecule has 26 heavy (non-hydrogen) atoms. The van der Waals surface area contributed by atoms with E-state index in [0.717, 1.165) is 19.0 Å². The van der Waals surface area contributed by atoms with Crippen LogP contribution in [0.2, 0.25) is 0 Å². The predicted molar refractivity (Wildman–Crippen MR) is 98.8 cm³/mol. The van der Waals surface area contributed by atoms with Gasteiger partial charge in [0.25, 0.3) is 0 Å². The third-order valence-electron chi connectivity index (χ3n) is 4.60. The van der Waals surface area contributed by atoms with E-state index in [0.29, 0.717) is 27.8 Å². The van der Waals surface area contributed by atoms with Gasteiger partial charge in [0, 0.05) is 12.0 Å². The molecule has 1 aliphatic carbocycles. The standard InChI is InChI=1S/C17H21FN5O2P/c1-8(2)23-14-10(18)7-20-17(19)11(14)12(21-23)13-16(26(3,4)24)15(25-22-13)9-5-6-9/h7-9H,5-6H2,1-4H3,(H2,19,20). The van der Waals surface area contributed by atoms with Gasteiger partial charge < -0.3 is 14.8 Å². The van der Waals surface area contributed by atoms with Gasteiger partial charge in [-0.15, -0.1) is 0 Å². The molecule has 7 nitrogen and oxygen atoms in total. The molecule has 0 saturated heterocycles. The van der Waals surface area contributed by atoms with Gasteiger partial charge in [-0.05, 0) is 40.0 Å².